The van der Waals surface area contributed by atoms with Gasteiger partial charge in [0.1, 0.15) is 6.54 Å². The number of hydrogen-bond acceptors (Lipinski definition) is 8. The van der Waals surface area contributed by atoms with Crippen molar-refractivity contribution in [3.8, 4) is 0 Å². The maximum atomic E-state index is 13.4. The predicted molar refractivity (Wildman–Crippen MR) is 170 cm³/mol. The molecule has 3 aromatic rings. The van der Waals surface area contributed by atoms with Crippen LogP contribution in [0.3, 0.4) is 0 Å². The molecule has 1 aliphatic carbocycles. The Morgan fingerprint density at radius 1 is 1.16 bits per heavy atom. The monoisotopic (exact) mass is 742 g/mol. The fourth-order valence-corrected chi connectivity index (χ4v) is 7.59. The highest BCUT2D eigenvalue weighted by atomic mass is 127. The Morgan fingerprint density at radius 2 is 1.91 bits per heavy atom. The number of anilines is 3. The highest BCUT2D eigenvalue weighted by molar-refractivity contribution is 14.1. The number of hydrogen-bond donors (Lipinski definition) is 1. The molecule has 5 heterocycles. The van der Waals surface area contributed by atoms with Gasteiger partial charge in [0.2, 0.25) is 17.8 Å². The predicted octanol–water partition coefficient (Wildman–Crippen LogP) is 3.61. The fraction of sp³-hybridized carbons (Fsp3) is 0.621. The van der Waals surface area contributed by atoms with E-state index in [1.807, 2.05) is 40.9 Å². The zero-order valence-corrected chi connectivity index (χ0v) is 27.5. The number of carbonyl (C=O) groups excluding carboxylic acids is 2. The number of piperazine rings is 1. The molecule has 0 aromatic carbocycles. The van der Waals surface area contributed by atoms with Gasteiger partial charge in [0.25, 0.3) is 0 Å². The lowest BCUT2D eigenvalue weighted by Crippen LogP contribution is -2.56. The van der Waals surface area contributed by atoms with Crippen LogP contribution in [0.5, 0.6) is 0 Å². The van der Waals surface area contributed by atoms with E-state index in [2.05, 4.69) is 43.0 Å². The summed E-state index contributed by atoms with van der Waals surface area (Å²) in [5.41, 5.74) is 2.09. The van der Waals surface area contributed by atoms with Gasteiger partial charge in [0.05, 0.1) is 33.6 Å². The minimum atomic E-state index is -4.24. The standard InChI is InChI=1S/C29H38F3IN10O2/c1-38-9-11-40(12-10-38)25(44)18-41-16-21(15-34-41)35-28-36-26-23(6-4-8-42(26)37-28)39(2)17-22-5-3-7-24(33)43(22)27(45)19-13-20(14-19)29(30,31)32/h4,6,8,15-16,19-20,22,24H,3,5,7,9-14,17-18H2,1-2H3,(H,35,37). The van der Waals surface area contributed by atoms with Crippen molar-refractivity contribution >= 4 is 57.4 Å². The second-order valence-corrected chi connectivity index (χ2v) is 13.8. The van der Waals surface area contributed by atoms with Gasteiger partial charge in [0, 0.05) is 58.1 Å². The van der Waals surface area contributed by atoms with Crippen molar-refractivity contribution in [2.75, 3.05) is 57.0 Å². The van der Waals surface area contributed by atoms with Crippen molar-refractivity contribution < 1.29 is 22.8 Å². The second kappa shape index (κ2) is 12.9. The van der Waals surface area contributed by atoms with Crippen LogP contribution in [0.25, 0.3) is 5.65 Å². The molecule has 12 nitrogen and oxygen atoms in total. The van der Waals surface area contributed by atoms with Crippen molar-refractivity contribution in [3.63, 3.8) is 0 Å². The summed E-state index contributed by atoms with van der Waals surface area (Å²) in [6.45, 7) is 3.80. The van der Waals surface area contributed by atoms with E-state index >= 15 is 0 Å². The summed E-state index contributed by atoms with van der Waals surface area (Å²) in [5.74, 6) is -1.71. The number of aromatic nitrogens is 5. The summed E-state index contributed by atoms with van der Waals surface area (Å²) < 4.78 is 42.5. The molecule has 1 saturated carbocycles. The number of fused-ring (bicyclic) bond motifs is 1. The van der Waals surface area contributed by atoms with Gasteiger partial charge >= 0.3 is 6.18 Å². The molecule has 3 aromatic heterocycles. The maximum absolute atomic E-state index is 13.4. The van der Waals surface area contributed by atoms with E-state index in [0.29, 0.717) is 36.9 Å². The first kappa shape index (κ1) is 31.8. The molecular formula is C29H38F3IN10O2. The third-order valence-electron chi connectivity index (χ3n) is 9.16. The van der Waals surface area contributed by atoms with Crippen LogP contribution in [0, 0.1) is 11.8 Å². The molecule has 2 aliphatic heterocycles. The van der Waals surface area contributed by atoms with Crippen molar-refractivity contribution in [1.82, 2.24) is 39.1 Å². The molecule has 16 heteroatoms. The number of likely N-dealkylation sites (N-methyl/N-ethyl adjacent to an activating group) is 2. The maximum Gasteiger partial charge on any atom is 0.391 e. The first-order valence-electron chi connectivity index (χ1n) is 15.3. The highest BCUT2D eigenvalue weighted by Gasteiger charge is 2.52. The van der Waals surface area contributed by atoms with Crippen molar-refractivity contribution in [2.45, 2.75) is 54.9 Å². The van der Waals surface area contributed by atoms with Crippen LogP contribution in [0.1, 0.15) is 32.1 Å². The number of rotatable bonds is 8. The van der Waals surface area contributed by atoms with Gasteiger partial charge in [-0.15, -0.1) is 5.10 Å². The number of carbonyl (C=O) groups is 2. The van der Waals surface area contributed by atoms with Gasteiger partial charge in [-0.25, -0.2) is 4.52 Å². The Hall–Kier alpha value is -3.15. The third-order valence-corrected chi connectivity index (χ3v) is 10.4. The molecule has 3 aliphatic rings. The van der Waals surface area contributed by atoms with Gasteiger partial charge in [-0.2, -0.15) is 23.3 Å². The number of piperidine rings is 1. The van der Waals surface area contributed by atoms with Crippen molar-refractivity contribution in [3.05, 3.63) is 30.7 Å². The van der Waals surface area contributed by atoms with Crippen LogP contribution in [-0.2, 0) is 16.1 Å². The van der Waals surface area contributed by atoms with Gasteiger partial charge in [-0.05, 0) is 51.3 Å². The Kier molecular flexibility index (Phi) is 9.14. The number of nitrogens with zero attached hydrogens (tertiary/aromatic N) is 9. The molecule has 2 unspecified atom stereocenters. The van der Waals surface area contributed by atoms with E-state index in [4.69, 9.17) is 4.98 Å². The number of nitrogens with one attached hydrogen (secondary N) is 1. The van der Waals surface area contributed by atoms with Crippen LogP contribution < -0.4 is 10.2 Å². The first-order valence-corrected chi connectivity index (χ1v) is 16.6. The molecule has 2 amide bonds. The van der Waals surface area contributed by atoms with Crippen LogP contribution in [-0.4, -0.2) is 114 Å². The lowest BCUT2D eigenvalue weighted by molar-refractivity contribution is -0.207. The quantitative estimate of drug-likeness (QED) is 0.212. The Balaban J connectivity index is 1.11. The van der Waals surface area contributed by atoms with Crippen LogP contribution in [0.2, 0.25) is 0 Å². The molecule has 2 atom stereocenters. The topological polar surface area (TPSA) is 107 Å². The normalized spacial score (nSPS) is 24.5. The van der Waals surface area contributed by atoms with E-state index in [-0.39, 0.29) is 41.3 Å². The summed E-state index contributed by atoms with van der Waals surface area (Å²) >= 11 is 2.25. The third kappa shape index (κ3) is 7.00. The fourth-order valence-electron chi connectivity index (χ4n) is 6.42. The van der Waals surface area contributed by atoms with Crippen LogP contribution in [0.15, 0.2) is 30.7 Å². The summed E-state index contributed by atoms with van der Waals surface area (Å²) in [7, 11) is 3.98. The average molecular weight is 743 g/mol. The Labute approximate surface area is 273 Å². The van der Waals surface area contributed by atoms with E-state index < -0.39 is 18.0 Å². The minimum Gasteiger partial charge on any atom is -0.369 e. The molecular weight excluding hydrogens is 704 g/mol. The minimum absolute atomic E-state index is 0.0293. The molecule has 1 N–H and O–H groups in total. The smallest absolute Gasteiger partial charge is 0.369 e. The molecule has 0 radical (unpaired) electrons. The summed E-state index contributed by atoms with van der Waals surface area (Å²) in [4.78, 5) is 38.8. The molecule has 0 spiro atoms. The zero-order chi connectivity index (χ0) is 31.9. The molecule has 3 fully saturated rings. The largest absolute Gasteiger partial charge is 0.391 e. The molecule has 6 rings (SSSR count). The molecule has 45 heavy (non-hydrogen) atoms. The summed E-state index contributed by atoms with van der Waals surface area (Å²) in [5, 5.41) is 12.1. The number of pyridine rings is 1. The van der Waals surface area contributed by atoms with E-state index in [1.54, 1.807) is 27.8 Å². The number of halogens is 4. The SMILES string of the molecule is CN1CCN(C(=O)Cn2cc(Nc3nc4c(N(C)CC5CCCC(I)N5C(=O)C5CC(C(F)(F)F)C5)cccn4n3)cn2)CC1. The first-order chi connectivity index (χ1) is 21.5. The number of alkyl halides is 4. The lowest BCUT2D eigenvalue weighted by Gasteiger charge is -2.46. The lowest BCUT2D eigenvalue weighted by atomic mass is 9.73. The van der Waals surface area contributed by atoms with Crippen LogP contribution >= 0.6 is 22.6 Å². The van der Waals surface area contributed by atoms with Gasteiger partial charge in [0.15, 0.2) is 5.65 Å². The molecule has 244 valence electrons. The Morgan fingerprint density at radius 3 is 2.64 bits per heavy atom. The average Bonchev–Trinajstić information content (AvgIpc) is 3.57. The van der Waals surface area contributed by atoms with Gasteiger partial charge in [-0.1, -0.05) is 22.6 Å². The van der Waals surface area contributed by atoms with Gasteiger partial charge < -0.3 is 24.9 Å². The summed E-state index contributed by atoms with van der Waals surface area (Å²) in [6, 6.07) is 3.69. The van der Waals surface area contributed by atoms with Crippen LogP contribution in [0.4, 0.5) is 30.5 Å². The second-order valence-electron chi connectivity index (χ2n) is 12.4. The molecule has 0 bridgehead atoms. The summed E-state index contributed by atoms with van der Waals surface area (Å²) in [6.07, 6.45) is 3.27. The van der Waals surface area contributed by atoms with E-state index in [0.717, 1.165) is 38.0 Å². The van der Waals surface area contributed by atoms with Crippen molar-refractivity contribution in [1.29, 1.82) is 0 Å². The zero-order valence-electron chi connectivity index (χ0n) is 25.3. The van der Waals surface area contributed by atoms with E-state index in [1.165, 1.54) is 0 Å². The number of likely N-dealkylation sites (tertiary alicyclic amines) is 1. The highest BCUT2D eigenvalue weighted by Crippen LogP contribution is 2.46. The number of amides is 2. The van der Waals surface area contributed by atoms with Gasteiger partial charge in [-0.3, -0.25) is 14.3 Å². The van der Waals surface area contributed by atoms with E-state index in [9.17, 15) is 22.8 Å². The Bertz CT molecular complexity index is 1520. The van der Waals surface area contributed by atoms with Crippen molar-refractivity contribution in [2.24, 2.45) is 11.8 Å². The molecule has 2 saturated heterocycles.